The lowest BCUT2D eigenvalue weighted by molar-refractivity contribution is -0.141. The smallest absolute Gasteiger partial charge is 0.336 e. The number of hydrogen-bond acceptors (Lipinski definition) is 4. The average Bonchev–Trinajstić information content (AvgIpc) is 2.97. The Bertz CT molecular complexity index is 536. The highest BCUT2D eigenvalue weighted by atomic mass is 31.1. The van der Waals surface area contributed by atoms with Crippen LogP contribution in [-0.2, 0) is 18.6 Å². The third-order valence-electron chi connectivity index (χ3n) is 6.09. The van der Waals surface area contributed by atoms with Gasteiger partial charge >= 0.3 is 12.3 Å². The van der Waals surface area contributed by atoms with Crippen molar-refractivity contribution in [2.24, 2.45) is 11.8 Å². The van der Waals surface area contributed by atoms with Crippen LogP contribution in [0.4, 0.5) is 0 Å². The summed E-state index contributed by atoms with van der Waals surface area (Å²) in [5.41, 5.74) is 0. The maximum Gasteiger partial charge on any atom is 0.336 e. The van der Waals surface area contributed by atoms with Crippen LogP contribution in [0.5, 0.6) is 0 Å². The third-order valence-corrected chi connectivity index (χ3v) is 10.9. The summed E-state index contributed by atoms with van der Waals surface area (Å²) >= 11 is 0. The van der Waals surface area contributed by atoms with Gasteiger partial charge in [-0.05, 0) is 24.6 Å². The molecular formula is C18H35BO4P2Si. The maximum absolute atomic E-state index is 11.7. The highest BCUT2D eigenvalue weighted by molar-refractivity contribution is 7.92. The van der Waals surface area contributed by atoms with Crippen LogP contribution in [0.3, 0.4) is 0 Å². The van der Waals surface area contributed by atoms with Gasteiger partial charge in [-0.15, -0.1) is 18.2 Å². The van der Waals surface area contributed by atoms with E-state index in [1.54, 1.807) is 0 Å². The Morgan fingerprint density at radius 3 is 2.58 bits per heavy atom. The molecule has 0 radical (unpaired) electrons. The second kappa shape index (κ2) is 8.74. The number of rotatable bonds is 7. The summed E-state index contributed by atoms with van der Waals surface area (Å²) in [5, 5.41) is 0.191. The first-order chi connectivity index (χ1) is 11.9. The Hall–Kier alpha value is 0.272. The van der Waals surface area contributed by atoms with E-state index in [2.05, 4.69) is 71.2 Å². The predicted molar refractivity (Wildman–Crippen MR) is 118 cm³/mol. The van der Waals surface area contributed by atoms with E-state index in [-0.39, 0.29) is 47.5 Å². The predicted octanol–water partition coefficient (Wildman–Crippen LogP) is 4.41. The number of carbonyl (C=O) groups is 1. The number of ether oxygens (including phenoxy) is 1. The van der Waals surface area contributed by atoms with E-state index in [9.17, 15) is 4.79 Å². The van der Waals surface area contributed by atoms with Gasteiger partial charge in [-0.2, -0.15) is 0 Å². The first-order valence-electron chi connectivity index (χ1n) is 9.67. The quantitative estimate of drug-likeness (QED) is 0.267. The van der Waals surface area contributed by atoms with Gasteiger partial charge < -0.3 is 13.8 Å². The maximum atomic E-state index is 11.7. The Morgan fingerprint density at radius 2 is 2.04 bits per heavy atom. The molecule has 0 aromatic carbocycles. The first-order valence-corrected chi connectivity index (χ1v) is 13.9. The minimum atomic E-state index is -1.81. The lowest BCUT2D eigenvalue weighted by Crippen LogP contribution is -2.43. The molecule has 0 N–H and O–H groups in total. The van der Waals surface area contributed by atoms with Gasteiger partial charge in [-0.1, -0.05) is 39.8 Å². The van der Waals surface area contributed by atoms with E-state index in [1.807, 2.05) is 0 Å². The molecule has 0 amide bonds. The summed E-state index contributed by atoms with van der Waals surface area (Å²) in [5.74, 6) is 0.352. The summed E-state index contributed by atoms with van der Waals surface area (Å²) in [6.07, 6.45) is 6.86. The molecule has 26 heavy (non-hydrogen) atoms. The van der Waals surface area contributed by atoms with Crippen LogP contribution in [0.2, 0.25) is 18.1 Å². The third kappa shape index (κ3) is 5.41. The van der Waals surface area contributed by atoms with Gasteiger partial charge in [0.05, 0.1) is 18.6 Å². The minimum Gasteiger partial charge on any atom is -0.462 e. The molecule has 8 heteroatoms. The van der Waals surface area contributed by atoms with Crippen LogP contribution < -0.4 is 0 Å². The normalized spacial score (nSPS) is 30.5. The largest absolute Gasteiger partial charge is 0.462 e. The fraction of sp³-hybridized carbons (Fsp3) is 0.833. The second-order valence-corrected chi connectivity index (χ2v) is 15.9. The molecule has 0 spiro atoms. The van der Waals surface area contributed by atoms with Crippen molar-refractivity contribution in [2.45, 2.75) is 83.4 Å². The zero-order valence-electron chi connectivity index (χ0n) is 17.0. The highest BCUT2D eigenvalue weighted by Crippen LogP contribution is 2.44. The first kappa shape index (κ1) is 22.6. The van der Waals surface area contributed by atoms with Crippen molar-refractivity contribution in [2.75, 3.05) is 0 Å². The van der Waals surface area contributed by atoms with Crippen LogP contribution in [0, 0.1) is 11.8 Å². The number of hydrogen-bond donors (Lipinski definition) is 0. The van der Waals surface area contributed by atoms with E-state index in [1.165, 1.54) is 0 Å². The molecule has 1 saturated carbocycles. The van der Waals surface area contributed by atoms with Crippen LogP contribution >= 0.6 is 18.2 Å². The molecule has 0 bridgehead atoms. The van der Waals surface area contributed by atoms with Crippen LogP contribution in [0.15, 0.2) is 12.2 Å². The van der Waals surface area contributed by atoms with Gasteiger partial charge in [0.25, 0.3) is 0 Å². The topological polar surface area (TPSA) is 44.8 Å². The van der Waals surface area contributed by atoms with Crippen LogP contribution in [-0.4, -0.2) is 39.0 Å². The Labute approximate surface area is 165 Å². The van der Waals surface area contributed by atoms with E-state index in [4.69, 9.17) is 13.8 Å². The van der Waals surface area contributed by atoms with Crippen molar-refractivity contribution in [3.63, 3.8) is 0 Å². The summed E-state index contributed by atoms with van der Waals surface area (Å²) in [4.78, 5) is 11.7. The molecule has 0 aromatic heterocycles. The summed E-state index contributed by atoms with van der Waals surface area (Å²) < 4.78 is 18.1. The van der Waals surface area contributed by atoms with E-state index < -0.39 is 8.32 Å². The van der Waals surface area contributed by atoms with Crippen LogP contribution in [0.25, 0.3) is 0 Å². The Balaban J connectivity index is 2.11. The van der Waals surface area contributed by atoms with Crippen molar-refractivity contribution in [1.29, 1.82) is 0 Å². The summed E-state index contributed by atoms with van der Waals surface area (Å²) in [6, 6.07) is 0. The molecule has 1 heterocycles. The zero-order chi connectivity index (χ0) is 19.7. The van der Waals surface area contributed by atoms with E-state index in [0.717, 1.165) is 12.8 Å². The summed E-state index contributed by atoms with van der Waals surface area (Å²) in [6.45, 7) is 13.5. The van der Waals surface area contributed by atoms with E-state index in [0.29, 0.717) is 6.42 Å². The fourth-order valence-corrected chi connectivity index (χ4v) is 5.34. The number of fused-ring (bicyclic) bond motifs is 1. The molecule has 0 aromatic rings. The van der Waals surface area contributed by atoms with Gasteiger partial charge in [0.15, 0.2) is 8.32 Å². The lowest BCUT2D eigenvalue weighted by Gasteiger charge is -2.38. The number of esters is 1. The van der Waals surface area contributed by atoms with Crippen molar-refractivity contribution in [3.8, 4) is 0 Å². The molecular weight excluding hydrogens is 381 g/mol. The lowest BCUT2D eigenvalue weighted by atomic mass is 9.91. The Morgan fingerprint density at radius 1 is 1.38 bits per heavy atom. The second-order valence-electron chi connectivity index (χ2n) is 9.06. The van der Waals surface area contributed by atoms with Gasteiger partial charge in [0, 0.05) is 18.3 Å². The van der Waals surface area contributed by atoms with Crippen molar-refractivity contribution < 1.29 is 18.6 Å². The molecule has 1 aliphatic heterocycles. The molecule has 7 atom stereocenters. The molecule has 2 rings (SSSR count). The van der Waals surface area contributed by atoms with Crippen molar-refractivity contribution in [3.05, 3.63) is 12.2 Å². The molecule has 3 unspecified atom stereocenters. The monoisotopic (exact) mass is 416 g/mol. The van der Waals surface area contributed by atoms with Gasteiger partial charge in [0.1, 0.15) is 6.10 Å². The van der Waals surface area contributed by atoms with Crippen LogP contribution in [0.1, 0.15) is 47.0 Å². The zero-order valence-corrected chi connectivity index (χ0v) is 20.3. The molecule has 148 valence electrons. The molecule has 1 saturated heterocycles. The molecule has 2 aliphatic rings. The van der Waals surface area contributed by atoms with Gasteiger partial charge in [0.2, 0.25) is 0 Å². The average molecular weight is 416 g/mol. The molecule has 2 fully saturated rings. The van der Waals surface area contributed by atoms with Gasteiger partial charge in [-0.25, -0.2) is 0 Å². The van der Waals surface area contributed by atoms with Crippen molar-refractivity contribution >= 4 is 38.9 Å². The molecule has 4 nitrogen and oxygen atoms in total. The SMILES string of the molecule is CCC(/C=C/[C@@H]1[C@H]2CC(=O)O[C@H]2C[C@H]1OB(P)P)O[Si](C)(C)C(C)(C)C. The van der Waals surface area contributed by atoms with E-state index >= 15 is 0 Å². The number of carbonyl (C=O) groups excluding carboxylic acids is 1. The van der Waals surface area contributed by atoms with Gasteiger partial charge in [-0.3, -0.25) is 4.79 Å². The molecule has 1 aliphatic carbocycles. The van der Waals surface area contributed by atoms with Crippen molar-refractivity contribution in [1.82, 2.24) is 0 Å². The Kier molecular flexibility index (Phi) is 7.58. The highest BCUT2D eigenvalue weighted by Gasteiger charge is 2.49. The fourth-order valence-electron chi connectivity index (χ4n) is 3.58. The standard InChI is InChI=1S/C18H35BO4P2Si/c1-7-12(23-26(5,6)18(2,3)4)8-9-13-14-10-17(20)21-15(14)11-16(13)22-19(24)25/h8-9,12-16H,7,10-11,24-25H2,1-6H3/b9-8+/t12?,13-,14-,15+,16-/m1/s1. The summed E-state index contributed by atoms with van der Waals surface area (Å²) in [7, 11) is 3.51. The minimum absolute atomic E-state index is 0.00251.